The smallest absolute Gasteiger partial charge is 0.230 e. The molecule has 0 aliphatic heterocycles. The van der Waals surface area contributed by atoms with Gasteiger partial charge in [0, 0.05) is 19.7 Å². The third-order valence-corrected chi connectivity index (χ3v) is 2.84. The molecule has 1 aromatic carbocycles. The van der Waals surface area contributed by atoms with Crippen LogP contribution in [0, 0.1) is 11.3 Å². The van der Waals surface area contributed by atoms with E-state index in [0.717, 1.165) is 5.56 Å². The van der Waals surface area contributed by atoms with Crippen LogP contribution in [0.5, 0.6) is 5.75 Å². The molecule has 2 N–H and O–H groups in total. The fourth-order valence-corrected chi connectivity index (χ4v) is 1.79. The number of hydrogen-bond donors (Lipinski definition) is 1. The first-order valence-corrected chi connectivity index (χ1v) is 6.49. The average Bonchev–Trinajstić information content (AvgIpc) is 2.52. The second-order valence-electron chi connectivity index (χ2n) is 4.62. The lowest BCUT2D eigenvalue weighted by Crippen LogP contribution is -2.15. The van der Waals surface area contributed by atoms with Gasteiger partial charge in [-0.15, -0.1) is 0 Å². The van der Waals surface area contributed by atoms with Gasteiger partial charge in [0.1, 0.15) is 11.8 Å². The number of aromatic nitrogens is 3. The molecular formula is C15H16N6O. The lowest BCUT2D eigenvalue weighted by atomic mass is 10.1. The summed E-state index contributed by atoms with van der Waals surface area (Å²) in [6.45, 7) is 0. The van der Waals surface area contributed by atoms with E-state index >= 15 is 0 Å². The molecule has 0 spiro atoms. The first-order valence-electron chi connectivity index (χ1n) is 6.49. The van der Waals surface area contributed by atoms with Gasteiger partial charge in [-0.25, -0.2) is 0 Å². The number of nitrogens with two attached hydrogens (primary N) is 1. The maximum atomic E-state index is 9.41. The monoisotopic (exact) mass is 296 g/mol. The summed E-state index contributed by atoms with van der Waals surface area (Å²) in [6.07, 6.45) is 1.66. The lowest BCUT2D eigenvalue weighted by molar-refractivity contribution is 0.414. The first-order chi connectivity index (χ1) is 10.5. The topological polar surface area (TPSA) is 101 Å². The summed E-state index contributed by atoms with van der Waals surface area (Å²) in [5, 5.41) is 9.41. The van der Waals surface area contributed by atoms with Gasteiger partial charge in [-0.05, 0) is 12.1 Å². The molecule has 0 amide bonds. The zero-order valence-corrected chi connectivity index (χ0v) is 12.6. The highest BCUT2D eigenvalue weighted by molar-refractivity contribution is 5.88. The summed E-state index contributed by atoms with van der Waals surface area (Å²) in [7, 11) is 5.15. The third kappa shape index (κ3) is 3.30. The second kappa shape index (κ2) is 6.54. The summed E-state index contributed by atoms with van der Waals surface area (Å²) >= 11 is 0. The van der Waals surface area contributed by atoms with Crippen LogP contribution in [0.15, 0.2) is 24.3 Å². The normalized spacial score (nSPS) is 10.9. The van der Waals surface area contributed by atoms with E-state index in [0.29, 0.717) is 11.7 Å². The van der Waals surface area contributed by atoms with E-state index in [-0.39, 0.29) is 17.3 Å². The van der Waals surface area contributed by atoms with Crippen LogP contribution in [0.25, 0.3) is 11.6 Å². The van der Waals surface area contributed by atoms with Crippen LogP contribution in [0.1, 0.15) is 11.4 Å². The van der Waals surface area contributed by atoms with Crippen molar-refractivity contribution >= 4 is 23.5 Å². The molecule has 1 heterocycles. The van der Waals surface area contributed by atoms with Crippen molar-refractivity contribution in [2.45, 2.75) is 0 Å². The van der Waals surface area contributed by atoms with E-state index in [4.69, 9.17) is 10.5 Å². The Hall–Kier alpha value is -3.14. The molecule has 0 fully saturated rings. The second-order valence-corrected chi connectivity index (χ2v) is 4.62. The van der Waals surface area contributed by atoms with Crippen LogP contribution < -0.4 is 15.4 Å². The van der Waals surface area contributed by atoms with Gasteiger partial charge in [-0.2, -0.15) is 20.2 Å². The maximum absolute atomic E-state index is 9.41. The fraction of sp³-hybridized carbons (Fsp3) is 0.200. The first kappa shape index (κ1) is 15.3. The van der Waals surface area contributed by atoms with Gasteiger partial charge < -0.3 is 15.4 Å². The molecule has 112 valence electrons. The molecule has 2 rings (SSSR count). The Bertz CT molecular complexity index is 748. The van der Waals surface area contributed by atoms with Crippen LogP contribution in [0.2, 0.25) is 0 Å². The molecule has 0 radical (unpaired) electrons. The highest BCUT2D eigenvalue weighted by Gasteiger charge is 2.11. The Kier molecular flexibility index (Phi) is 4.53. The van der Waals surface area contributed by atoms with Crippen molar-refractivity contribution < 1.29 is 4.74 Å². The van der Waals surface area contributed by atoms with Crippen LogP contribution in [0.3, 0.4) is 0 Å². The summed E-state index contributed by atoms with van der Waals surface area (Å²) in [4.78, 5) is 14.0. The van der Waals surface area contributed by atoms with Gasteiger partial charge in [-0.1, -0.05) is 18.2 Å². The number of ether oxygens (including phenoxy) is 1. The Morgan fingerprint density at radius 1 is 1.27 bits per heavy atom. The van der Waals surface area contributed by atoms with Gasteiger partial charge in [-0.3, -0.25) is 0 Å². The molecule has 7 heteroatoms. The van der Waals surface area contributed by atoms with Gasteiger partial charge >= 0.3 is 0 Å². The molecule has 0 atom stereocenters. The van der Waals surface area contributed by atoms with Crippen molar-refractivity contribution in [1.82, 2.24) is 15.0 Å². The molecule has 0 unspecified atom stereocenters. The Labute approximate surface area is 128 Å². The van der Waals surface area contributed by atoms with Gasteiger partial charge in [0.2, 0.25) is 11.9 Å². The van der Waals surface area contributed by atoms with Crippen molar-refractivity contribution in [3.8, 4) is 11.8 Å². The summed E-state index contributed by atoms with van der Waals surface area (Å²) in [6, 6.07) is 9.46. The minimum atomic E-state index is 0.0647. The quantitative estimate of drug-likeness (QED) is 0.855. The van der Waals surface area contributed by atoms with E-state index in [9.17, 15) is 5.26 Å². The number of rotatable bonds is 4. The Morgan fingerprint density at radius 3 is 2.64 bits per heavy atom. The van der Waals surface area contributed by atoms with Gasteiger partial charge in [0.25, 0.3) is 0 Å². The standard InChI is InChI=1S/C15H16N6O/c1-21(2)15-19-13(18-14(17)20-15)11(9-16)8-10-6-4-5-7-12(10)22-3/h4-8H,1-3H3,(H2,17,18,19,20)/b11-8+. The van der Waals surface area contributed by atoms with Crippen LogP contribution in [0.4, 0.5) is 11.9 Å². The molecule has 7 nitrogen and oxygen atoms in total. The number of hydrogen-bond acceptors (Lipinski definition) is 7. The third-order valence-electron chi connectivity index (χ3n) is 2.84. The molecule has 0 bridgehead atoms. The van der Waals surface area contributed by atoms with Crippen molar-refractivity contribution in [3.05, 3.63) is 35.7 Å². The van der Waals surface area contributed by atoms with Gasteiger partial charge in [0.15, 0.2) is 5.82 Å². The zero-order chi connectivity index (χ0) is 16.1. The predicted molar refractivity (Wildman–Crippen MR) is 85.0 cm³/mol. The van der Waals surface area contributed by atoms with Crippen LogP contribution in [-0.2, 0) is 0 Å². The van der Waals surface area contributed by atoms with Crippen LogP contribution >= 0.6 is 0 Å². The SMILES string of the molecule is COc1ccccc1/C=C(\C#N)c1nc(N)nc(N(C)C)n1. The molecule has 22 heavy (non-hydrogen) atoms. The molecule has 0 aliphatic rings. The molecular weight excluding hydrogens is 280 g/mol. The van der Waals surface area contributed by atoms with Crippen molar-refractivity contribution in [2.24, 2.45) is 0 Å². The largest absolute Gasteiger partial charge is 0.496 e. The Balaban J connectivity index is 2.53. The highest BCUT2D eigenvalue weighted by Crippen LogP contribution is 2.23. The minimum Gasteiger partial charge on any atom is -0.496 e. The van der Waals surface area contributed by atoms with E-state index < -0.39 is 0 Å². The number of benzene rings is 1. The van der Waals surface area contributed by atoms with Crippen molar-refractivity contribution in [1.29, 1.82) is 5.26 Å². The molecule has 0 aliphatic carbocycles. The highest BCUT2D eigenvalue weighted by atomic mass is 16.5. The molecule has 0 saturated heterocycles. The number of methoxy groups -OCH3 is 1. The van der Waals surface area contributed by atoms with Gasteiger partial charge in [0.05, 0.1) is 12.7 Å². The number of nitrogens with zero attached hydrogens (tertiary/aromatic N) is 5. The summed E-state index contributed by atoms with van der Waals surface area (Å²) in [5.74, 6) is 1.34. The average molecular weight is 296 g/mol. The van der Waals surface area contributed by atoms with Crippen molar-refractivity contribution in [3.63, 3.8) is 0 Å². The van der Waals surface area contributed by atoms with E-state index in [1.54, 1.807) is 32.2 Å². The lowest BCUT2D eigenvalue weighted by Gasteiger charge is -2.11. The minimum absolute atomic E-state index is 0.0647. The van der Waals surface area contributed by atoms with E-state index in [2.05, 4.69) is 21.0 Å². The van der Waals surface area contributed by atoms with E-state index in [1.807, 2.05) is 24.3 Å². The molecule has 0 saturated carbocycles. The van der Waals surface area contributed by atoms with Crippen LogP contribution in [-0.4, -0.2) is 36.2 Å². The number of nitrogen functional groups attached to an aromatic ring is 1. The van der Waals surface area contributed by atoms with E-state index in [1.165, 1.54) is 0 Å². The summed E-state index contributed by atoms with van der Waals surface area (Å²) in [5.41, 5.74) is 6.72. The number of allylic oxidation sites excluding steroid dienone is 1. The summed E-state index contributed by atoms with van der Waals surface area (Å²) < 4.78 is 5.27. The molecule has 2 aromatic rings. The predicted octanol–water partition coefficient (Wildman–Crippen LogP) is 1.59. The maximum Gasteiger partial charge on any atom is 0.230 e. The fourth-order valence-electron chi connectivity index (χ4n) is 1.79. The number of anilines is 2. The number of nitriles is 1. The molecule has 1 aromatic heterocycles. The zero-order valence-electron chi connectivity index (χ0n) is 12.6. The Morgan fingerprint density at radius 2 is 2.00 bits per heavy atom. The van der Waals surface area contributed by atoms with Crippen molar-refractivity contribution in [2.75, 3.05) is 31.8 Å². The number of para-hydroxylation sites is 1.